The lowest BCUT2D eigenvalue weighted by atomic mass is 10.1. The SMILES string of the molecule is C=CCOc1ccccc1C=C1SC(=Nc2ccc(CCCC)cc2)NC1=O. The van der Waals surface area contributed by atoms with Gasteiger partial charge in [0.1, 0.15) is 12.4 Å². The minimum Gasteiger partial charge on any atom is -0.489 e. The predicted molar refractivity (Wildman–Crippen MR) is 118 cm³/mol. The molecule has 3 rings (SSSR count). The second-order valence-electron chi connectivity index (χ2n) is 6.39. The summed E-state index contributed by atoms with van der Waals surface area (Å²) < 4.78 is 5.66. The quantitative estimate of drug-likeness (QED) is 0.478. The average molecular weight is 393 g/mol. The number of nitrogens with zero attached hydrogens (tertiary/aromatic N) is 1. The van der Waals surface area contributed by atoms with Gasteiger partial charge in [-0.05, 0) is 54.4 Å². The van der Waals surface area contributed by atoms with E-state index in [2.05, 4.69) is 35.9 Å². The summed E-state index contributed by atoms with van der Waals surface area (Å²) in [6, 6.07) is 15.8. The lowest BCUT2D eigenvalue weighted by Crippen LogP contribution is -2.19. The maximum absolute atomic E-state index is 12.3. The number of ether oxygens (including phenoxy) is 1. The third kappa shape index (κ3) is 5.36. The van der Waals surface area contributed by atoms with E-state index < -0.39 is 0 Å². The Balaban J connectivity index is 1.74. The van der Waals surface area contributed by atoms with Crippen molar-refractivity contribution in [3.05, 3.63) is 77.2 Å². The number of hydrogen-bond donors (Lipinski definition) is 1. The molecule has 0 radical (unpaired) electrons. The fourth-order valence-corrected chi connectivity index (χ4v) is 3.57. The Morgan fingerprint density at radius 1 is 1.18 bits per heavy atom. The number of rotatable bonds is 8. The van der Waals surface area contributed by atoms with E-state index in [1.807, 2.05) is 42.5 Å². The van der Waals surface area contributed by atoms with E-state index in [0.717, 1.165) is 23.4 Å². The summed E-state index contributed by atoms with van der Waals surface area (Å²) in [5, 5.41) is 3.42. The summed E-state index contributed by atoms with van der Waals surface area (Å²) in [7, 11) is 0. The Hall–Kier alpha value is -2.79. The van der Waals surface area contributed by atoms with E-state index in [1.165, 1.54) is 30.2 Å². The van der Waals surface area contributed by atoms with E-state index in [0.29, 0.717) is 16.7 Å². The van der Waals surface area contributed by atoms with Crippen molar-refractivity contribution in [3.8, 4) is 5.75 Å². The molecule has 5 heteroatoms. The molecule has 28 heavy (non-hydrogen) atoms. The highest BCUT2D eigenvalue weighted by Crippen LogP contribution is 2.30. The van der Waals surface area contributed by atoms with Crippen LogP contribution in [0.3, 0.4) is 0 Å². The first-order chi connectivity index (χ1) is 13.7. The number of amidine groups is 1. The number of thioether (sulfide) groups is 1. The summed E-state index contributed by atoms with van der Waals surface area (Å²) in [6.45, 7) is 6.27. The molecule has 4 nitrogen and oxygen atoms in total. The van der Waals surface area contributed by atoms with Gasteiger partial charge >= 0.3 is 0 Å². The summed E-state index contributed by atoms with van der Waals surface area (Å²) in [4.78, 5) is 17.5. The van der Waals surface area contributed by atoms with Crippen molar-refractivity contribution in [2.45, 2.75) is 26.2 Å². The van der Waals surface area contributed by atoms with Crippen LogP contribution < -0.4 is 10.1 Å². The number of benzene rings is 2. The number of carbonyl (C=O) groups is 1. The van der Waals surface area contributed by atoms with Crippen LogP contribution in [0.25, 0.3) is 6.08 Å². The van der Waals surface area contributed by atoms with Gasteiger partial charge in [0, 0.05) is 5.56 Å². The molecule has 0 saturated carbocycles. The molecule has 1 N–H and O–H groups in total. The molecular formula is C23H24N2O2S. The van der Waals surface area contributed by atoms with Crippen LogP contribution in [0.4, 0.5) is 5.69 Å². The maximum atomic E-state index is 12.3. The van der Waals surface area contributed by atoms with Gasteiger partial charge in [-0.25, -0.2) is 4.99 Å². The van der Waals surface area contributed by atoms with Crippen LogP contribution in [0.5, 0.6) is 5.75 Å². The zero-order valence-corrected chi connectivity index (χ0v) is 16.8. The first-order valence-corrected chi connectivity index (χ1v) is 10.2. The van der Waals surface area contributed by atoms with Crippen LogP contribution in [-0.4, -0.2) is 17.7 Å². The highest BCUT2D eigenvalue weighted by atomic mass is 32.2. The molecule has 2 aromatic rings. The predicted octanol–water partition coefficient (Wildman–Crippen LogP) is 5.49. The van der Waals surface area contributed by atoms with Crippen LogP contribution in [0.1, 0.15) is 30.9 Å². The van der Waals surface area contributed by atoms with Gasteiger partial charge in [0.15, 0.2) is 5.17 Å². The summed E-state index contributed by atoms with van der Waals surface area (Å²) in [6.07, 6.45) is 6.97. The van der Waals surface area contributed by atoms with E-state index >= 15 is 0 Å². The van der Waals surface area contributed by atoms with Crippen molar-refractivity contribution >= 4 is 34.6 Å². The lowest BCUT2D eigenvalue weighted by Gasteiger charge is -2.06. The molecule has 0 unspecified atom stereocenters. The number of para-hydroxylation sites is 1. The Morgan fingerprint density at radius 3 is 2.71 bits per heavy atom. The van der Waals surface area contributed by atoms with Crippen molar-refractivity contribution in [3.63, 3.8) is 0 Å². The number of aryl methyl sites for hydroxylation is 1. The number of aliphatic imine (C=N–C) groups is 1. The minimum absolute atomic E-state index is 0.151. The van der Waals surface area contributed by atoms with Crippen molar-refractivity contribution in [1.29, 1.82) is 0 Å². The Kier molecular flexibility index (Phi) is 7.09. The molecule has 0 aromatic heterocycles. The Morgan fingerprint density at radius 2 is 1.96 bits per heavy atom. The van der Waals surface area contributed by atoms with Crippen molar-refractivity contribution in [2.75, 3.05) is 6.61 Å². The first kappa shape index (κ1) is 20.0. The second kappa shape index (κ2) is 9.95. The van der Waals surface area contributed by atoms with Crippen molar-refractivity contribution < 1.29 is 9.53 Å². The van der Waals surface area contributed by atoms with Gasteiger partial charge in [-0.1, -0.05) is 56.3 Å². The number of amides is 1. The number of nitrogens with one attached hydrogen (secondary N) is 1. The molecule has 144 valence electrons. The molecule has 1 aliphatic rings. The summed E-state index contributed by atoms with van der Waals surface area (Å²) in [5.41, 5.74) is 2.99. The summed E-state index contributed by atoms with van der Waals surface area (Å²) >= 11 is 1.33. The third-order valence-electron chi connectivity index (χ3n) is 4.20. The van der Waals surface area contributed by atoms with Crippen LogP contribution >= 0.6 is 11.8 Å². The van der Waals surface area contributed by atoms with Crippen LogP contribution in [0.15, 0.2) is 71.1 Å². The number of unbranched alkanes of at least 4 members (excludes halogenated alkanes) is 1. The zero-order valence-electron chi connectivity index (χ0n) is 16.0. The third-order valence-corrected chi connectivity index (χ3v) is 5.11. The first-order valence-electron chi connectivity index (χ1n) is 9.41. The van der Waals surface area contributed by atoms with Gasteiger partial charge in [-0.2, -0.15) is 0 Å². The topological polar surface area (TPSA) is 50.7 Å². The maximum Gasteiger partial charge on any atom is 0.264 e. The molecule has 0 spiro atoms. The van der Waals surface area contributed by atoms with Gasteiger partial charge in [-0.3, -0.25) is 4.79 Å². The van der Waals surface area contributed by atoms with Gasteiger partial charge in [0.25, 0.3) is 5.91 Å². The fourth-order valence-electron chi connectivity index (χ4n) is 2.74. The molecule has 1 aliphatic heterocycles. The molecule has 1 saturated heterocycles. The van der Waals surface area contributed by atoms with Crippen LogP contribution in [0, 0.1) is 0 Å². The highest BCUT2D eigenvalue weighted by Gasteiger charge is 2.24. The number of hydrogen-bond acceptors (Lipinski definition) is 4. The molecule has 1 heterocycles. The zero-order chi connectivity index (χ0) is 19.8. The van der Waals surface area contributed by atoms with Crippen LogP contribution in [0.2, 0.25) is 0 Å². The van der Waals surface area contributed by atoms with E-state index in [4.69, 9.17) is 4.74 Å². The van der Waals surface area contributed by atoms with Gasteiger partial charge in [-0.15, -0.1) is 0 Å². The van der Waals surface area contributed by atoms with Gasteiger partial charge in [0.05, 0.1) is 10.6 Å². The van der Waals surface area contributed by atoms with E-state index in [1.54, 1.807) is 6.08 Å². The molecule has 0 aliphatic carbocycles. The average Bonchev–Trinajstić information content (AvgIpc) is 3.05. The Labute approximate surface area is 170 Å². The standard InChI is InChI=1S/C23H24N2O2S/c1-3-5-8-17-11-13-19(14-12-17)24-23-25-22(26)21(28-23)16-18-9-6-7-10-20(18)27-15-4-2/h4,6-7,9-14,16H,2-3,5,8,15H2,1H3,(H,24,25,26). The Bertz CT molecular complexity index is 901. The molecule has 1 amide bonds. The summed E-state index contributed by atoms with van der Waals surface area (Å²) in [5.74, 6) is 0.568. The molecular weight excluding hydrogens is 368 g/mol. The second-order valence-corrected chi connectivity index (χ2v) is 7.42. The van der Waals surface area contributed by atoms with Crippen molar-refractivity contribution in [2.24, 2.45) is 4.99 Å². The minimum atomic E-state index is -0.151. The lowest BCUT2D eigenvalue weighted by molar-refractivity contribution is -0.115. The monoisotopic (exact) mass is 392 g/mol. The molecule has 2 aromatic carbocycles. The smallest absolute Gasteiger partial charge is 0.264 e. The van der Waals surface area contributed by atoms with Gasteiger partial charge < -0.3 is 10.1 Å². The van der Waals surface area contributed by atoms with Crippen LogP contribution in [-0.2, 0) is 11.2 Å². The van der Waals surface area contributed by atoms with Crippen molar-refractivity contribution in [1.82, 2.24) is 5.32 Å². The normalized spacial score (nSPS) is 16.4. The van der Waals surface area contributed by atoms with E-state index in [9.17, 15) is 4.79 Å². The van der Waals surface area contributed by atoms with E-state index in [-0.39, 0.29) is 5.91 Å². The molecule has 0 bridgehead atoms. The molecule has 1 fully saturated rings. The largest absolute Gasteiger partial charge is 0.489 e. The fraction of sp³-hybridized carbons (Fsp3) is 0.217. The van der Waals surface area contributed by atoms with Gasteiger partial charge in [0.2, 0.25) is 0 Å². The number of carbonyl (C=O) groups excluding carboxylic acids is 1. The molecule has 0 atom stereocenters. The highest BCUT2D eigenvalue weighted by molar-refractivity contribution is 8.18.